The normalized spacial score (nSPS) is 19.5. The summed E-state index contributed by atoms with van der Waals surface area (Å²) >= 11 is 0. The Bertz CT molecular complexity index is 1460. The molecule has 2 unspecified atom stereocenters. The molecule has 0 radical (unpaired) electrons. The lowest BCUT2D eigenvalue weighted by Gasteiger charge is -2.05. The number of ether oxygens (including phenoxy) is 1. The van der Waals surface area contributed by atoms with E-state index in [-0.39, 0.29) is 18.3 Å². The number of epoxide rings is 1. The Morgan fingerprint density at radius 2 is 0.579 bits per heavy atom. The highest BCUT2D eigenvalue weighted by molar-refractivity contribution is 5.11. The summed E-state index contributed by atoms with van der Waals surface area (Å²) in [6.07, 6.45) is 47.2. The van der Waals surface area contributed by atoms with E-state index in [0.717, 1.165) is 77.0 Å². The fraction of sp³-hybridized carbons (Fsp3) is 0.636. The van der Waals surface area contributed by atoms with Crippen LogP contribution in [0.5, 0.6) is 0 Å². The Morgan fingerprint density at radius 3 is 0.772 bits per heavy atom. The molecule has 1 aliphatic rings. The highest BCUT2D eigenvalue weighted by Gasteiger charge is 2.50. The zero-order valence-electron chi connectivity index (χ0n) is 39.6. The number of aliphatic hydroxyl groups excluding tert-OH is 1. The molecule has 2 heteroatoms. The summed E-state index contributed by atoms with van der Waals surface area (Å²) < 4.78 is 5.60. The van der Waals surface area contributed by atoms with Gasteiger partial charge >= 0.3 is 0 Å². The fourth-order valence-corrected chi connectivity index (χ4v) is 7.22. The van der Waals surface area contributed by atoms with E-state index in [9.17, 15) is 5.11 Å². The first-order chi connectivity index (χ1) is 27.1. The first-order valence-corrected chi connectivity index (χ1v) is 23.0. The Hall–Kier alpha value is -2.68. The maximum Gasteiger partial charge on any atom is 0.110 e. The monoisotopic (exact) mass is 783 g/mol. The fourth-order valence-electron chi connectivity index (χ4n) is 7.22. The first kappa shape index (κ1) is 52.3. The summed E-state index contributed by atoms with van der Waals surface area (Å²) in [5, 5.41) is 9.24. The Labute approximate surface area is 354 Å². The van der Waals surface area contributed by atoms with Gasteiger partial charge in [0, 0.05) is 0 Å². The molecule has 0 amide bonds. The lowest BCUT2D eigenvalue weighted by atomic mass is 10.00. The Morgan fingerprint density at radius 1 is 0.368 bits per heavy atom. The van der Waals surface area contributed by atoms with Gasteiger partial charge in [-0.15, -0.1) is 0 Å². The summed E-state index contributed by atoms with van der Waals surface area (Å²) in [5.74, 6) is 0. The van der Waals surface area contributed by atoms with Gasteiger partial charge in [0.1, 0.15) is 6.10 Å². The summed E-state index contributed by atoms with van der Waals surface area (Å²) in [4.78, 5) is 0. The van der Waals surface area contributed by atoms with Gasteiger partial charge in [-0.2, -0.15) is 0 Å². The van der Waals surface area contributed by atoms with Gasteiger partial charge in [-0.1, -0.05) is 116 Å². The molecule has 1 N–H and O–H groups in total. The number of hydrogen-bond acceptors (Lipinski definition) is 2. The first-order valence-electron chi connectivity index (χ1n) is 23.0. The predicted octanol–water partition coefficient (Wildman–Crippen LogP) is 17.4. The quantitative estimate of drug-likeness (QED) is 0.0561. The van der Waals surface area contributed by atoms with Gasteiger partial charge in [-0.25, -0.2) is 0 Å². The van der Waals surface area contributed by atoms with Crippen molar-refractivity contribution in [3.8, 4) is 0 Å². The number of allylic oxidation sites excluding steroid dienone is 20. The van der Waals surface area contributed by atoms with Crippen LogP contribution in [-0.2, 0) is 4.74 Å². The number of aliphatic hydroxyl groups is 1. The second-order valence-corrected chi connectivity index (χ2v) is 18.2. The van der Waals surface area contributed by atoms with Gasteiger partial charge in [0.2, 0.25) is 0 Å². The maximum atomic E-state index is 9.24. The van der Waals surface area contributed by atoms with Crippen molar-refractivity contribution in [1.82, 2.24) is 0 Å². The van der Waals surface area contributed by atoms with Gasteiger partial charge in [0.05, 0.1) is 12.2 Å². The average Bonchev–Trinajstić information content (AvgIpc) is 3.80. The van der Waals surface area contributed by atoms with Crippen molar-refractivity contribution in [2.45, 2.75) is 223 Å². The molecule has 1 aliphatic heterocycles. The largest absolute Gasteiger partial charge is 0.394 e. The van der Waals surface area contributed by atoms with Crippen LogP contribution in [0.15, 0.2) is 116 Å². The lowest BCUT2D eigenvalue weighted by molar-refractivity contribution is 0.235. The average molecular weight is 783 g/mol. The highest BCUT2D eigenvalue weighted by Crippen LogP contribution is 2.40. The third-order valence-corrected chi connectivity index (χ3v) is 11.7. The minimum Gasteiger partial charge on any atom is -0.394 e. The molecule has 57 heavy (non-hydrogen) atoms. The summed E-state index contributed by atoms with van der Waals surface area (Å²) in [5.41, 5.74) is 15.0. The van der Waals surface area contributed by atoms with Gasteiger partial charge in [-0.3, -0.25) is 0 Å². The molecule has 0 aromatic heterocycles. The molecule has 0 bridgehead atoms. The van der Waals surface area contributed by atoms with Crippen molar-refractivity contribution in [2.24, 2.45) is 0 Å². The van der Waals surface area contributed by atoms with Crippen molar-refractivity contribution in [1.29, 1.82) is 0 Å². The molecule has 0 saturated carbocycles. The molecule has 0 aromatic carbocycles. The Balaban J connectivity index is 2.20. The number of rotatable bonds is 31. The van der Waals surface area contributed by atoms with Crippen LogP contribution in [0.4, 0.5) is 0 Å². The van der Waals surface area contributed by atoms with E-state index in [0.29, 0.717) is 0 Å². The number of hydrogen-bond donors (Lipinski definition) is 1. The zero-order chi connectivity index (χ0) is 42.5. The topological polar surface area (TPSA) is 32.8 Å². The van der Waals surface area contributed by atoms with E-state index in [4.69, 9.17) is 4.74 Å². The van der Waals surface area contributed by atoms with E-state index < -0.39 is 0 Å². The third kappa shape index (κ3) is 29.2. The molecule has 2 nitrogen and oxygen atoms in total. The predicted molar refractivity (Wildman–Crippen MR) is 256 cm³/mol. The van der Waals surface area contributed by atoms with Crippen molar-refractivity contribution in [2.75, 3.05) is 6.61 Å². The van der Waals surface area contributed by atoms with E-state index in [1.54, 1.807) is 0 Å². The summed E-state index contributed by atoms with van der Waals surface area (Å²) in [7, 11) is 0. The van der Waals surface area contributed by atoms with Crippen LogP contribution in [0.1, 0.15) is 212 Å². The van der Waals surface area contributed by atoms with E-state index in [1.165, 1.54) is 107 Å². The SMILES string of the molecule is CC(C)=CCCC(C)=CCCC(C)=CCCC(C)=CCCC(C)=CCCC(C)=CCCC(C)=CCCC(C)=CCCC(C)=CCCC(C)=CCCC1(C)OC1CO. The van der Waals surface area contributed by atoms with Crippen molar-refractivity contribution >= 4 is 0 Å². The second-order valence-electron chi connectivity index (χ2n) is 18.2. The van der Waals surface area contributed by atoms with E-state index in [1.807, 2.05) is 0 Å². The minimum absolute atomic E-state index is 0.0445. The molecule has 2 atom stereocenters. The van der Waals surface area contributed by atoms with Crippen LogP contribution in [0.2, 0.25) is 0 Å². The lowest BCUT2D eigenvalue weighted by Crippen LogP contribution is -2.11. The van der Waals surface area contributed by atoms with E-state index in [2.05, 4.69) is 144 Å². The molecule has 1 saturated heterocycles. The highest BCUT2D eigenvalue weighted by atomic mass is 16.6. The van der Waals surface area contributed by atoms with Gasteiger partial charge < -0.3 is 9.84 Å². The summed E-state index contributed by atoms with van der Waals surface area (Å²) in [6, 6.07) is 0. The smallest absolute Gasteiger partial charge is 0.110 e. The Kier molecular flexibility index (Phi) is 28.7. The molecule has 322 valence electrons. The summed E-state index contributed by atoms with van der Waals surface area (Å²) in [6.45, 7) is 27.2. The van der Waals surface area contributed by atoms with Crippen LogP contribution in [-0.4, -0.2) is 23.4 Å². The third-order valence-electron chi connectivity index (χ3n) is 11.7. The zero-order valence-corrected chi connectivity index (χ0v) is 39.6. The molecular formula is C55H90O2. The van der Waals surface area contributed by atoms with Crippen molar-refractivity contribution in [3.05, 3.63) is 116 Å². The molecule has 1 fully saturated rings. The van der Waals surface area contributed by atoms with Gasteiger partial charge in [-0.05, 0) is 212 Å². The van der Waals surface area contributed by atoms with E-state index >= 15 is 0 Å². The maximum absolute atomic E-state index is 9.24. The van der Waals surface area contributed by atoms with Gasteiger partial charge in [0.25, 0.3) is 0 Å². The second kappa shape index (κ2) is 31.3. The molecule has 0 spiro atoms. The van der Waals surface area contributed by atoms with Crippen LogP contribution in [0, 0.1) is 0 Å². The molecule has 0 aromatic rings. The van der Waals surface area contributed by atoms with Crippen LogP contribution in [0.3, 0.4) is 0 Å². The van der Waals surface area contributed by atoms with Gasteiger partial charge in [0.15, 0.2) is 0 Å². The molecular weight excluding hydrogens is 693 g/mol. The van der Waals surface area contributed by atoms with Crippen LogP contribution in [0.25, 0.3) is 0 Å². The standard InChI is InChI=1S/C55H90O2/c1-44(2)23-13-24-45(3)25-14-26-46(4)27-15-28-47(5)29-16-30-48(6)31-17-32-49(7)33-18-34-50(8)35-19-36-51(9)37-20-38-52(10)39-21-40-53(11)41-22-42-55(12)54(43-56)57-55/h23,25,27,29,31,33,35,37,39,41,54,56H,13-22,24,26,28,30,32,34,36,38,40,42-43H2,1-12H3. The van der Waals surface area contributed by atoms with Crippen LogP contribution < -0.4 is 0 Å². The molecule has 0 aliphatic carbocycles. The van der Waals surface area contributed by atoms with Crippen molar-refractivity contribution < 1.29 is 9.84 Å². The molecule has 1 rings (SSSR count). The van der Waals surface area contributed by atoms with Crippen LogP contribution >= 0.6 is 0 Å². The van der Waals surface area contributed by atoms with Crippen molar-refractivity contribution in [3.63, 3.8) is 0 Å². The molecule has 1 heterocycles. The minimum atomic E-state index is -0.101.